The summed E-state index contributed by atoms with van der Waals surface area (Å²) < 4.78 is 0. The average molecular weight is 272 g/mol. The molecule has 0 aliphatic heterocycles. The molecular weight excluding hydrogens is 240 g/mol. The molecule has 1 unspecified atom stereocenters. The molecule has 0 heteroatoms. The fourth-order valence-corrected chi connectivity index (χ4v) is 2.88. The Morgan fingerprint density at radius 1 is 1.10 bits per heavy atom. The third-order valence-electron chi connectivity index (χ3n) is 4.03. The summed E-state index contributed by atoms with van der Waals surface area (Å²) in [5.74, 6) is 0.590. The van der Waals surface area contributed by atoms with Gasteiger partial charge in [-0.1, -0.05) is 79.3 Å². The van der Waals surface area contributed by atoms with Gasteiger partial charge in [0.05, 0.1) is 0 Å². The zero-order valence-corrected chi connectivity index (χ0v) is 14.5. The summed E-state index contributed by atoms with van der Waals surface area (Å²) in [5, 5.41) is 0. The summed E-state index contributed by atoms with van der Waals surface area (Å²) in [6, 6.07) is 6.94. The van der Waals surface area contributed by atoms with Gasteiger partial charge in [0, 0.05) is 0 Å². The molecule has 0 fully saturated rings. The number of benzene rings is 1. The van der Waals surface area contributed by atoms with Gasteiger partial charge in [-0.25, -0.2) is 0 Å². The SMILES string of the molecule is C=Cc1ccc(C(CC(C)(C)C)C(C)(C)C)cc1CC. The summed E-state index contributed by atoms with van der Waals surface area (Å²) in [6.45, 7) is 20.2. The van der Waals surface area contributed by atoms with Gasteiger partial charge in [0.1, 0.15) is 0 Å². The Labute approximate surface area is 126 Å². The third-order valence-corrected chi connectivity index (χ3v) is 4.03. The van der Waals surface area contributed by atoms with Gasteiger partial charge in [-0.2, -0.15) is 0 Å². The van der Waals surface area contributed by atoms with E-state index in [0.717, 1.165) is 6.42 Å². The van der Waals surface area contributed by atoms with E-state index in [1.165, 1.54) is 23.1 Å². The van der Waals surface area contributed by atoms with Gasteiger partial charge >= 0.3 is 0 Å². The molecule has 0 amide bonds. The molecule has 1 aromatic rings. The third kappa shape index (κ3) is 4.51. The summed E-state index contributed by atoms with van der Waals surface area (Å²) in [6.07, 6.45) is 4.26. The first-order chi connectivity index (χ1) is 9.08. The Hall–Kier alpha value is -1.04. The van der Waals surface area contributed by atoms with Crippen LogP contribution in [0.15, 0.2) is 24.8 Å². The Bertz CT molecular complexity index is 452. The van der Waals surface area contributed by atoms with Gasteiger partial charge in [-0.15, -0.1) is 0 Å². The zero-order chi connectivity index (χ0) is 15.6. The van der Waals surface area contributed by atoms with Gasteiger partial charge in [-0.3, -0.25) is 0 Å². The van der Waals surface area contributed by atoms with Crippen LogP contribution < -0.4 is 0 Å². The van der Waals surface area contributed by atoms with Crippen LogP contribution in [0.25, 0.3) is 6.08 Å². The second-order valence-corrected chi connectivity index (χ2v) is 8.20. The van der Waals surface area contributed by atoms with E-state index in [0.29, 0.717) is 11.3 Å². The lowest BCUT2D eigenvalue weighted by atomic mass is 9.69. The van der Waals surface area contributed by atoms with Crippen molar-refractivity contribution in [3.8, 4) is 0 Å². The molecule has 112 valence electrons. The minimum atomic E-state index is 0.286. The molecule has 1 atom stereocenters. The molecule has 0 saturated heterocycles. The van der Waals surface area contributed by atoms with E-state index in [1.807, 2.05) is 6.08 Å². The van der Waals surface area contributed by atoms with Crippen molar-refractivity contribution in [2.75, 3.05) is 0 Å². The van der Waals surface area contributed by atoms with Crippen molar-refractivity contribution in [3.63, 3.8) is 0 Å². The average Bonchev–Trinajstić information content (AvgIpc) is 2.33. The molecule has 0 aliphatic rings. The number of aryl methyl sites for hydroxylation is 1. The van der Waals surface area contributed by atoms with E-state index >= 15 is 0 Å². The van der Waals surface area contributed by atoms with Crippen LogP contribution in [-0.2, 0) is 6.42 Å². The van der Waals surface area contributed by atoms with Crippen molar-refractivity contribution in [3.05, 3.63) is 41.5 Å². The molecule has 20 heavy (non-hydrogen) atoms. The zero-order valence-electron chi connectivity index (χ0n) is 14.5. The molecule has 0 bridgehead atoms. The van der Waals surface area contributed by atoms with E-state index in [2.05, 4.69) is 73.2 Å². The van der Waals surface area contributed by atoms with Crippen LogP contribution >= 0.6 is 0 Å². The van der Waals surface area contributed by atoms with Gasteiger partial charge in [-0.05, 0) is 46.3 Å². The minimum absolute atomic E-state index is 0.286. The quantitative estimate of drug-likeness (QED) is 0.590. The first-order valence-corrected chi connectivity index (χ1v) is 7.83. The minimum Gasteiger partial charge on any atom is -0.0985 e. The van der Waals surface area contributed by atoms with E-state index in [-0.39, 0.29) is 5.41 Å². The molecule has 0 saturated carbocycles. The van der Waals surface area contributed by atoms with Crippen molar-refractivity contribution in [1.82, 2.24) is 0 Å². The van der Waals surface area contributed by atoms with Gasteiger partial charge in [0.2, 0.25) is 0 Å². The molecule has 0 spiro atoms. The predicted molar refractivity (Wildman–Crippen MR) is 92.2 cm³/mol. The monoisotopic (exact) mass is 272 g/mol. The van der Waals surface area contributed by atoms with E-state index in [1.54, 1.807) is 0 Å². The Kier molecular flexibility index (Phi) is 5.24. The Morgan fingerprint density at radius 2 is 1.70 bits per heavy atom. The first kappa shape index (κ1) is 17.0. The normalized spacial score (nSPS) is 14.2. The van der Waals surface area contributed by atoms with Crippen molar-refractivity contribution < 1.29 is 0 Å². The summed E-state index contributed by atoms with van der Waals surface area (Å²) in [7, 11) is 0. The molecule has 0 radical (unpaired) electrons. The largest absolute Gasteiger partial charge is 0.0985 e. The molecule has 0 aromatic heterocycles. The van der Waals surface area contributed by atoms with Crippen LogP contribution in [0.3, 0.4) is 0 Å². The van der Waals surface area contributed by atoms with Crippen LogP contribution in [0.5, 0.6) is 0 Å². The van der Waals surface area contributed by atoms with Crippen molar-refractivity contribution in [2.24, 2.45) is 10.8 Å². The maximum atomic E-state index is 3.92. The lowest BCUT2D eigenvalue weighted by Crippen LogP contribution is -2.24. The highest BCUT2D eigenvalue weighted by atomic mass is 14.3. The maximum absolute atomic E-state index is 3.92. The summed E-state index contributed by atoms with van der Waals surface area (Å²) in [4.78, 5) is 0. The Morgan fingerprint density at radius 3 is 2.10 bits per heavy atom. The second kappa shape index (κ2) is 6.16. The second-order valence-electron chi connectivity index (χ2n) is 8.20. The molecule has 1 rings (SSSR count). The fourth-order valence-electron chi connectivity index (χ4n) is 2.88. The number of rotatable bonds is 4. The van der Waals surface area contributed by atoms with Crippen molar-refractivity contribution >= 4 is 6.08 Å². The number of hydrogen-bond donors (Lipinski definition) is 0. The van der Waals surface area contributed by atoms with Gasteiger partial charge in [0.15, 0.2) is 0 Å². The van der Waals surface area contributed by atoms with Crippen LogP contribution in [0.2, 0.25) is 0 Å². The van der Waals surface area contributed by atoms with E-state index in [4.69, 9.17) is 0 Å². The molecule has 1 aromatic carbocycles. The first-order valence-electron chi connectivity index (χ1n) is 7.83. The lowest BCUT2D eigenvalue weighted by molar-refractivity contribution is 0.229. The fraction of sp³-hybridized carbons (Fsp3) is 0.600. The van der Waals surface area contributed by atoms with E-state index in [9.17, 15) is 0 Å². The summed E-state index contributed by atoms with van der Waals surface area (Å²) >= 11 is 0. The van der Waals surface area contributed by atoms with Crippen LogP contribution in [0.1, 0.15) is 77.5 Å². The molecule has 0 aliphatic carbocycles. The highest BCUT2D eigenvalue weighted by molar-refractivity contribution is 5.53. The lowest BCUT2D eigenvalue weighted by Gasteiger charge is -2.36. The predicted octanol–water partition coefficient (Wildman–Crippen LogP) is 6.46. The summed E-state index contributed by atoms with van der Waals surface area (Å²) in [5.41, 5.74) is 4.81. The van der Waals surface area contributed by atoms with Gasteiger partial charge < -0.3 is 0 Å². The number of hydrogen-bond acceptors (Lipinski definition) is 0. The highest BCUT2D eigenvalue weighted by Crippen LogP contribution is 2.43. The van der Waals surface area contributed by atoms with Crippen molar-refractivity contribution in [2.45, 2.75) is 67.2 Å². The maximum Gasteiger partial charge on any atom is -0.0108 e. The van der Waals surface area contributed by atoms with Gasteiger partial charge in [0.25, 0.3) is 0 Å². The Balaban J connectivity index is 3.24. The molecule has 0 nitrogen and oxygen atoms in total. The smallest absolute Gasteiger partial charge is 0.0108 e. The molecule has 0 heterocycles. The van der Waals surface area contributed by atoms with E-state index < -0.39 is 0 Å². The molecular formula is C20H32. The molecule has 0 N–H and O–H groups in total. The van der Waals surface area contributed by atoms with Crippen LogP contribution in [0.4, 0.5) is 0 Å². The topological polar surface area (TPSA) is 0 Å². The highest BCUT2D eigenvalue weighted by Gasteiger charge is 2.30. The van der Waals surface area contributed by atoms with Crippen LogP contribution in [0, 0.1) is 10.8 Å². The standard InChI is InChI=1S/C20H32/c1-9-15-11-12-17(13-16(15)10-2)18(20(6,7)8)14-19(3,4)5/h9,11-13,18H,1,10,14H2,2-8H3. The van der Waals surface area contributed by atoms with Crippen molar-refractivity contribution in [1.29, 1.82) is 0 Å². The van der Waals surface area contributed by atoms with Crippen LogP contribution in [-0.4, -0.2) is 0 Å².